The quantitative estimate of drug-likeness (QED) is 0.800. The van der Waals surface area contributed by atoms with Crippen molar-refractivity contribution in [2.45, 2.75) is 11.2 Å². The van der Waals surface area contributed by atoms with Gasteiger partial charge in [-0.05, 0) is 18.2 Å². The van der Waals surface area contributed by atoms with Crippen LogP contribution in [-0.4, -0.2) is 22.3 Å². The third-order valence-corrected chi connectivity index (χ3v) is 3.55. The summed E-state index contributed by atoms with van der Waals surface area (Å²) >= 11 is 3.50. The van der Waals surface area contributed by atoms with E-state index in [4.69, 9.17) is 0 Å². The number of amides is 1. The number of rotatable bonds is 1. The van der Waals surface area contributed by atoms with Crippen molar-refractivity contribution in [2.75, 3.05) is 11.4 Å². The molecule has 1 aromatic carbocycles. The lowest BCUT2D eigenvalue weighted by Crippen LogP contribution is -2.24. The van der Waals surface area contributed by atoms with E-state index < -0.39 is 0 Å². The highest BCUT2D eigenvalue weighted by Gasteiger charge is 2.29. The number of aromatic nitrogens is 1. The molecule has 0 aliphatic carbocycles. The lowest BCUT2D eigenvalue weighted by molar-refractivity contribution is -0.117. The number of alkyl halides is 1. The Labute approximate surface area is 102 Å². The molecule has 1 atom stereocenters. The number of nitrogens with zero attached hydrogens (tertiary/aromatic N) is 1. The molecule has 1 amide bonds. The molecule has 3 rings (SSSR count). The number of carbonyl (C=O) groups is 1. The predicted molar refractivity (Wildman–Crippen MR) is 68.0 cm³/mol. The van der Waals surface area contributed by atoms with Crippen LogP contribution in [0, 0.1) is 0 Å². The molecule has 1 aliphatic heterocycles. The Morgan fingerprint density at radius 3 is 3.00 bits per heavy atom. The molecule has 0 bridgehead atoms. The van der Waals surface area contributed by atoms with Crippen LogP contribution < -0.4 is 4.90 Å². The first kappa shape index (κ1) is 9.90. The highest BCUT2D eigenvalue weighted by atomic mass is 79.9. The molecular weight excluding hydrogens is 268 g/mol. The van der Waals surface area contributed by atoms with Gasteiger partial charge < -0.3 is 9.88 Å². The summed E-state index contributed by atoms with van der Waals surface area (Å²) < 4.78 is 0. The minimum atomic E-state index is 0.190. The van der Waals surface area contributed by atoms with Gasteiger partial charge in [0.05, 0.1) is 5.69 Å². The van der Waals surface area contributed by atoms with E-state index in [1.54, 1.807) is 0 Å². The summed E-state index contributed by atoms with van der Waals surface area (Å²) in [7, 11) is 0. The number of carbonyl (C=O) groups excluding carboxylic acids is 1. The summed E-state index contributed by atoms with van der Waals surface area (Å²) in [5, 5.41) is 1.11. The molecule has 82 valence electrons. The third kappa shape index (κ3) is 1.45. The second kappa shape index (κ2) is 3.63. The van der Waals surface area contributed by atoms with Crippen LogP contribution in [0.4, 0.5) is 5.69 Å². The molecule has 2 aromatic rings. The molecule has 1 fully saturated rings. The molecule has 1 unspecified atom stereocenters. The van der Waals surface area contributed by atoms with Gasteiger partial charge in [0.25, 0.3) is 0 Å². The molecule has 1 N–H and O–H groups in total. The molecule has 1 aromatic heterocycles. The van der Waals surface area contributed by atoms with Gasteiger partial charge in [-0.15, -0.1) is 0 Å². The van der Waals surface area contributed by atoms with Crippen molar-refractivity contribution in [2.24, 2.45) is 0 Å². The maximum Gasteiger partial charge on any atom is 0.228 e. The number of H-pyrrole nitrogens is 1. The topological polar surface area (TPSA) is 36.1 Å². The molecule has 3 nitrogen and oxygen atoms in total. The largest absolute Gasteiger partial charge is 0.361 e. The van der Waals surface area contributed by atoms with Crippen LogP contribution >= 0.6 is 15.9 Å². The fraction of sp³-hybridized carbons (Fsp3) is 0.250. The maximum absolute atomic E-state index is 11.8. The molecular formula is C12H11BrN2O. The maximum atomic E-state index is 11.8. The Hall–Kier alpha value is -1.29. The Morgan fingerprint density at radius 1 is 1.38 bits per heavy atom. The molecule has 0 radical (unpaired) electrons. The van der Waals surface area contributed by atoms with Crippen LogP contribution in [0.2, 0.25) is 0 Å². The van der Waals surface area contributed by atoms with Gasteiger partial charge in [0.1, 0.15) is 0 Å². The van der Waals surface area contributed by atoms with Crippen LogP contribution in [0.5, 0.6) is 0 Å². The lowest BCUT2D eigenvalue weighted by atomic mass is 10.2. The number of benzene rings is 1. The molecule has 1 saturated heterocycles. The van der Waals surface area contributed by atoms with Crippen LogP contribution in [0.1, 0.15) is 6.42 Å². The second-order valence-corrected chi connectivity index (χ2v) is 5.32. The Bertz CT molecular complexity index is 549. The van der Waals surface area contributed by atoms with Crippen LogP contribution in [-0.2, 0) is 4.79 Å². The van der Waals surface area contributed by atoms with Gasteiger partial charge in [0, 0.05) is 34.9 Å². The number of hydrogen-bond donors (Lipinski definition) is 1. The van der Waals surface area contributed by atoms with Gasteiger partial charge in [0.15, 0.2) is 0 Å². The number of nitrogens with one attached hydrogen (secondary N) is 1. The fourth-order valence-electron chi connectivity index (χ4n) is 2.20. The minimum absolute atomic E-state index is 0.190. The van der Waals surface area contributed by atoms with Crippen molar-refractivity contribution in [3.8, 4) is 0 Å². The van der Waals surface area contributed by atoms with Crippen molar-refractivity contribution in [1.82, 2.24) is 4.98 Å². The average Bonchev–Trinajstić information content (AvgIpc) is 2.84. The Morgan fingerprint density at radius 2 is 2.25 bits per heavy atom. The molecule has 2 heterocycles. The minimum Gasteiger partial charge on any atom is -0.361 e. The number of anilines is 1. The van der Waals surface area contributed by atoms with E-state index in [0.29, 0.717) is 6.42 Å². The molecule has 4 heteroatoms. The zero-order valence-corrected chi connectivity index (χ0v) is 10.2. The highest BCUT2D eigenvalue weighted by Crippen LogP contribution is 2.31. The number of fused-ring (bicyclic) bond motifs is 1. The van der Waals surface area contributed by atoms with Crippen molar-refractivity contribution >= 4 is 38.4 Å². The molecule has 16 heavy (non-hydrogen) atoms. The first-order chi connectivity index (χ1) is 7.75. The normalized spacial score (nSPS) is 20.9. The lowest BCUT2D eigenvalue weighted by Gasteiger charge is -2.16. The van der Waals surface area contributed by atoms with Crippen molar-refractivity contribution in [3.05, 3.63) is 30.5 Å². The van der Waals surface area contributed by atoms with E-state index in [1.807, 2.05) is 35.4 Å². The summed E-state index contributed by atoms with van der Waals surface area (Å²) in [4.78, 5) is 17.1. The van der Waals surface area contributed by atoms with E-state index >= 15 is 0 Å². The monoisotopic (exact) mass is 278 g/mol. The standard InChI is InChI=1S/C12H11BrN2O/c13-8-6-12(16)15(7-8)11-3-1-2-10-9(11)4-5-14-10/h1-5,8,14H,6-7H2. The summed E-state index contributed by atoms with van der Waals surface area (Å²) in [6.07, 6.45) is 2.49. The van der Waals surface area contributed by atoms with E-state index in [1.165, 1.54) is 0 Å². The molecule has 0 spiro atoms. The van der Waals surface area contributed by atoms with Gasteiger partial charge in [0.2, 0.25) is 5.91 Å². The van der Waals surface area contributed by atoms with E-state index in [-0.39, 0.29) is 10.7 Å². The first-order valence-electron chi connectivity index (χ1n) is 5.26. The summed E-state index contributed by atoms with van der Waals surface area (Å²) in [6.45, 7) is 0.753. The van der Waals surface area contributed by atoms with E-state index in [0.717, 1.165) is 23.1 Å². The van der Waals surface area contributed by atoms with Crippen LogP contribution in [0.25, 0.3) is 10.9 Å². The highest BCUT2D eigenvalue weighted by molar-refractivity contribution is 9.09. The van der Waals surface area contributed by atoms with E-state index in [2.05, 4.69) is 20.9 Å². The second-order valence-electron chi connectivity index (χ2n) is 4.02. The summed E-state index contributed by atoms with van der Waals surface area (Å²) in [5.74, 6) is 0.190. The Kier molecular flexibility index (Phi) is 2.24. The third-order valence-electron chi connectivity index (χ3n) is 2.94. The smallest absolute Gasteiger partial charge is 0.228 e. The molecule has 1 aliphatic rings. The summed E-state index contributed by atoms with van der Waals surface area (Å²) in [5.41, 5.74) is 2.08. The number of hydrogen-bond acceptors (Lipinski definition) is 1. The van der Waals surface area contributed by atoms with Gasteiger partial charge in [-0.2, -0.15) is 0 Å². The van der Waals surface area contributed by atoms with Crippen LogP contribution in [0.15, 0.2) is 30.5 Å². The Balaban J connectivity index is 2.12. The van der Waals surface area contributed by atoms with Crippen molar-refractivity contribution in [3.63, 3.8) is 0 Å². The van der Waals surface area contributed by atoms with Gasteiger partial charge in [-0.25, -0.2) is 0 Å². The van der Waals surface area contributed by atoms with Crippen molar-refractivity contribution < 1.29 is 4.79 Å². The van der Waals surface area contributed by atoms with Gasteiger partial charge >= 0.3 is 0 Å². The number of aromatic amines is 1. The predicted octanol–water partition coefficient (Wildman–Crippen LogP) is 2.67. The van der Waals surface area contributed by atoms with Gasteiger partial charge in [-0.1, -0.05) is 22.0 Å². The average molecular weight is 279 g/mol. The fourth-order valence-corrected chi connectivity index (χ4v) is 2.77. The van der Waals surface area contributed by atoms with Crippen LogP contribution in [0.3, 0.4) is 0 Å². The zero-order chi connectivity index (χ0) is 11.1. The van der Waals surface area contributed by atoms with Gasteiger partial charge in [-0.3, -0.25) is 4.79 Å². The summed E-state index contributed by atoms with van der Waals surface area (Å²) in [6, 6.07) is 8.01. The van der Waals surface area contributed by atoms with E-state index in [9.17, 15) is 4.79 Å². The first-order valence-corrected chi connectivity index (χ1v) is 6.18. The number of halogens is 1. The SMILES string of the molecule is O=C1CC(Br)CN1c1cccc2[nH]ccc12. The van der Waals surface area contributed by atoms with Crippen molar-refractivity contribution in [1.29, 1.82) is 0 Å². The molecule has 0 saturated carbocycles. The zero-order valence-electron chi connectivity index (χ0n) is 8.61.